The van der Waals surface area contributed by atoms with E-state index in [1.165, 1.54) is 12.3 Å². The fourth-order valence-corrected chi connectivity index (χ4v) is 2.85. The summed E-state index contributed by atoms with van der Waals surface area (Å²) in [5.74, 6) is -0.478. The van der Waals surface area contributed by atoms with E-state index < -0.39 is 10.7 Å². The van der Waals surface area contributed by atoms with Crippen LogP contribution in [0, 0.1) is 27.3 Å². The highest BCUT2D eigenvalue weighted by atomic mass is 79.9. The Hall–Kier alpha value is -3.05. The van der Waals surface area contributed by atoms with Gasteiger partial charge in [-0.25, -0.2) is 9.37 Å². The molecular weight excluding hydrogens is 379 g/mol. The smallest absolute Gasteiger partial charge is 0.281 e. The molecule has 6 nitrogen and oxygen atoms in total. The van der Waals surface area contributed by atoms with Crippen molar-refractivity contribution in [2.45, 2.75) is 0 Å². The highest BCUT2D eigenvalue weighted by Crippen LogP contribution is 2.36. The van der Waals surface area contributed by atoms with Crippen molar-refractivity contribution in [3.63, 3.8) is 0 Å². The van der Waals surface area contributed by atoms with Crippen molar-refractivity contribution in [2.24, 2.45) is 0 Å². The predicted molar refractivity (Wildman–Crippen MR) is 90.5 cm³/mol. The van der Waals surface area contributed by atoms with Crippen LogP contribution in [0.1, 0.15) is 5.56 Å². The molecular formula is C16H8BrFN4O2. The Balaban J connectivity index is 2.20. The number of benzene rings is 2. The molecule has 0 aliphatic carbocycles. The molecule has 1 heterocycles. The number of rotatable bonds is 3. The van der Waals surface area contributed by atoms with Crippen LogP contribution in [0.5, 0.6) is 0 Å². The van der Waals surface area contributed by atoms with Crippen molar-refractivity contribution in [2.75, 3.05) is 5.32 Å². The Labute approximate surface area is 143 Å². The second kappa shape index (κ2) is 6.22. The summed E-state index contributed by atoms with van der Waals surface area (Å²) in [5.41, 5.74) is 0.656. The lowest BCUT2D eigenvalue weighted by molar-refractivity contribution is -0.383. The van der Waals surface area contributed by atoms with E-state index in [9.17, 15) is 14.5 Å². The number of nitrogens with one attached hydrogen (secondary N) is 1. The number of anilines is 2. The molecule has 0 atom stereocenters. The second-order valence-corrected chi connectivity index (χ2v) is 5.73. The number of halogens is 2. The number of nitrogens with zero attached hydrogens (tertiary/aromatic N) is 3. The summed E-state index contributed by atoms with van der Waals surface area (Å²) >= 11 is 3.22. The van der Waals surface area contributed by atoms with E-state index in [0.29, 0.717) is 15.7 Å². The third-order valence-electron chi connectivity index (χ3n) is 3.33. The van der Waals surface area contributed by atoms with Crippen LogP contribution in [0.25, 0.3) is 10.8 Å². The van der Waals surface area contributed by atoms with Gasteiger partial charge in [0.15, 0.2) is 0 Å². The van der Waals surface area contributed by atoms with Crippen LogP contribution in [0.3, 0.4) is 0 Å². The topological polar surface area (TPSA) is 91.8 Å². The molecule has 3 aromatic rings. The number of non-ortho nitro benzene ring substituents is 1. The minimum absolute atomic E-state index is 0.246. The van der Waals surface area contributed by atoms with E-state index in [2.05, 4.69) is 26.2 Å². The average molecular weight is 387 g/mol. The summed E-state index contributed by atoms with van der Waals surface area (Å²) in [6.45, 7) is 0. The SMILES string of the molecule is N#Cc1cccc(Nc2ncc(Br)c3c([N+](=O)[O-])cc(F)cc23)c1. The quantitative estimate of drug-likeness (QED) is 0.521. The molecule has 0 aliphatic rings. The molecule has 0 saturated carbocycles. The van der Waals surface area contributed by atoms with Crippen molar-refractivity contribution in [1.82, 2.24) is 4.98 Å². The molecule has 0 aliphatic heterocycles. The number of nitro benzene ring substituents is 1. The zero-order valence-electron chi connectivity index (χ0n) is 12.0. The monoisotopic (exact) mass is 386 g/mol. The van der Waals surface area contributed by atoms with Gasteiger partial charge in [-0.05, 0) is 40.2 Å². The number of nitro groups is 1. The van der Waals surface area contributed by atoms with Gasteiger partial charge in [-0.1, -0.05) is 6.07 Å². The fraction of sp³-hybridized carbons (Fsp3) is 0. The van der Waals surface area contributed by atoms with Gasteiger partial charge in [0.1, 0.15) is 11.6 Å². The van der Waals surface area contributed by atoms with Gasteiger partial charge in [-0.3, -0.25) is 10.1 Å². The van der Waals surface area contributed by atoms with E-state index in [0.717, 1.165) is 6.07 Å². The minimum atomic E-state index is -0.733. The molecule has 8 heteroatoms. The number of hydrogen-bond donors (Lipinski definition) is 1. The normalized spacial score (nSPS) is 10.4. The van der Waals surface area contributed by atoms with Gasteiger partial charge >= 0.3 is 0 Å². The highest BCUT2D eigenvalue weighted by Gasteiger charge is 2.20. The summed E-state index contributed by atoms with van der Waals surface area (Å²) in [6.07, 6.45) is 1.41. The Bertz CT molecular complexity index is 1020. The molecule has 1 aromatic heterocycles. The largest absolute Gasteiger partial charge is 0.340 e. The second-order valence-electron chi connectivity index (χ2n) is 4.88. The first-order valence-corrected chi connectivity index (χ1v) is 7.48. The first kappa shape index (κ1) is 15.8. The Morgan fingerprint density at radius 2 is 2.12 bits per heavy atom. The van der Waals surface area contributed by atoms with Crippen LogP contribution < -0.4 is 5.32 Å². The van der Waals surface area contributed by atoms with Crippen molar-refractivity contribution < 1.29 is 9.31 Å². The van der Waals surface area contributed by atoms with E-state index in [4.69, 9.17) is 5.26 Å². The number of aromatic nitrogens is 1. The first-order chi connectivity index (χ1) is 11.5. The molecule has 0 spiro atoms. The molecule has 0 unspecified atom stereocenters. The van der Waals surface area contributed by atoms with E-state index in [1.807, 2.05) is 6.07 Å². The zero-order valence-corrected chi connectivity index (χ0v) is 13.5. The molecule has 2 aromatic carbocycles. The summed E-state index contributed by atoms with van der Waals surface area (Å²) < 4.78 is 14.2. The van der Waals surface area contributed by atoms with Gasteiger partial charge in [-0.15, -0.1) is 0 Å². The van der Waals surface area contributed by atoms with Crippen molar-refractivity contribution in [3.05, 3.63) is 68.6 Å². The van der Waals surface area contributed by atoms with Crippen LogP contribution in [0.15, 0.2) is 47.1 Å². The van der Waals surface area contributed by atoms with Crippen LogP contribution >= 0.6 is 15.9 Å². The Morgan fingerprint density at radius 3 is 2.83 bits per heavy atom. The lowest BCUT2D eigenvalue weighted by Crippen LogP contribution is -1.98. The maximum absolute atomic E-state index is 13.8. The molecule has 118 valence electrons. The van der Waals surface area contributed by atoms with Gasteiger partial charge in [0.25, 0.3) is 5.69 Å². The van der Waals surface area contributed by atoms with E-state index in [1.54, 1.807) is 24.3 Å². The standard InChI is InChI=1S/C16H8BrFN4O2/c17-13-8-20-16(21-11-3-1-2-9(4-11)7-19)12-5-10(18)6-14(15(12)13)22(23)24/h1-6,8H,(H,20,21). The van der Waals surface area contributed by atoms with Crippen LogP contribution in [0.2, 0.25) is 0 Å². The number of pyridine rings is 1. The third kappa shape index (κ3) is 2.89. The molecule has 1 N–H and O–H groups in total. The lowest BCUT2D eigenvalue weighted by Gasteiger charge is -2.10. The van der Waals surface area contributed by atoms with Gasteiger partial charge in [0.2, 0.25) is 0 Å². The minimum Gasteiger partial charge on any atom is -0.340 e. The molecule has 0 saturated heterocycles. The number of fused-ring (bicyclic) bond motifs is 1. The lowest BCUT2D eigenvalue weighted by atomic mass is 10.1. The molecule has 0 amide bonds. The van der Waals surface area contributed by atoms with Gasteiger partial charge in [-0.2, -0.15) is 5.26 Å². The summed E-state index contributed by atoms with van der Waals surface area (Å²) in [4.78, 5) is 14.7. The summed E-state index contributed by atoms with van der Waals surface area (Å²) in [5, 5.41) is 23.6. The summed E-state index contributed by atoms with van der Waals surface area (Å²) in [6, 6.07) is 10.7. The van der Waals surface area contributed by atoms with Crippen LogP contribution in [0.4, 0.5) is 21.6 Å². The Morgan fingerprint density at radius 1 is 1.33 bits per heavy atom. The zero-order chi connectivity index (χ0) is 17.3. The first-order valence-electron chi connectivity index (χ1n) is 6.69. The van der Waals surface area contributed by atoms with Gasteiger partial charge in [0, 0.05) is 17.3 Å². The third-order valence-corrected chi connectivity index (χ3v) is 3.94. The van der Waals surface area contributed by atoms with Crippen LogP contribution in [-0.4, -0.2) is 9.91 Å². The van der Waals surface area contributed by atoms with E-state index in [-0.39, 0.29) is 22.3 Å². The summed E-state index contributed by atoms with van der Waals surface area (Å²) in [7, 11) is 0. The van der Waals surface area contributed by atoms with Crippen molar-refractivity contribution in [3.8, 4) is 6.07 Å². The predicted octanol–water partition coefficient (Wildman–Crippen LogP) is 4.66. The Kier molecular flexibility index (Phi) is 4.10. The molecule has 0 bridgehead atoms. The number of hydrogen-bond acceptors (Lipinski definition) is 5. The average Bonchev–Trinajstić information content (AvgIpc) is 2.56. The molecule has 3 rings (SSSR count). The number of nitriles is 1. The fourth-order valence-electron chi connectivity index (χ4n) is 2.33. The van der Waals surface area contributed by atoms with Gasteiger partial charge < -0.3 is 5.32 Å². The van der Waals surface area contributed by atoms with Crippen LogP contribution in [-0.2, 0) is 0 Å². The maximum atomic E-state index is 13.8. The van der Waals surface area contributed by atoms with Gasteiger partial charge in [0.05, 0.1) is 32.5 Å². The molecule has 0 fully saturated rings. The van der Waals surface area contributed by atoms with Crippen molar-refractivity contribution >= 4 is 43.9 Å². The maximum Gasteiger partial charge on any atom is 0.281 e. The van der Waals surface area contributed by atoms with E-state index >= 15 is 0 Å². The molecule has 0 radical (unpaired) electrons. The highest BCUT2D eigenvalue weighted by molar-refractivity contribution is 9.10. The van der Waals surface area contributed by atoms with Crippen molar-refractivity contribution in [1.29, 1.82) is 5.26 Å². The molecule has 24 heavy (non-hydrogen) atoms.